The van der Waals surface area contributed by atoms with Crippen molar-refractivity contribution in [2.75, 3.05) is 14.1 Å². The van der Waals surface area contributed by atoms with Crippen LogP contribution in [0.5, 0.6) is 0 Å². The Bertz CT molecular complexity index is 746. The van der Waals surface area contributed by atoms with Crippen LogP contribution in [-0.4, -0.2) is 31.8 Å². The first-order chi connectivity index (χ1) is 10.3. The lowest BCUT2D eigenvalue weighted by Crippen LogP contribution is -2.22. The maximum atomic E-state index is 12.0. The monoisotopic (exact) mass is 356 g/mol. The number of hydrogen-bond donors (Lipinski definition) is 0. The van der Waals surface area contributed by atoms with E-state index in [1.807, 2.05) is 31.2 Å². The van der Waals surface area contributed by atoms with Gasteiger partial charge in [-0.3, -0.25) is 0 Å². The molecule has 1 heterocycles. The van der Waals surface area contributed by atoms with E-state index in [9.17, 15) is 8.42 Å². The van der Waals surface area contributed by atoms with E-state index < -0.39 is 10.0 Å². The molecule has 0 aliphatic carbocycles. The Morgan fingerprint density at radius 2 is 1.86 bits per heavy atom. The molecule has 1 atom stereocenters. The first-order valence-electron chi connectivity index (χ1n) is 6.62. The summed E-state index contributed by atoms with van der Waals surface area (Å²) in [6.07, 6.45) is 1.39. The fraction of sp³-hybridized carbons (Fsp3) is 0.267. The van der Waals surface area contributed by atoms with Crippen molar-refractivity contribution in [3.63, 3.8) is 0 Å². The second kappa shape index (κ2) is 7.00. The van der Waals surface area contributed by atoms with Gasteiger partial charge in [0.05, 0.1) is 5.03 Å². The van der Waals surface area contributed by atoms with Gasteiger partial charge in [-0.05, 0) is 30.7 Å². The van der Waals surface area contributed by atoms with E-state index in [2.05, 4.69) is 4.98 Å². The molecule has 0 saturated heterocycles. The number of sulfonamides is 1. The zero-order chi connectivity index (χ0) is 16.3. The summed E-state index contributed by atoms with van der Waals surface area (Å²) in [5, 5.41) is 1.59. The van der Waals surface area contributed by atoms with Crippen LogP contribution in [0.2, 0.25) is 5.02 Å². The Labute approximate surface area is 140 Å². The average Bonchev–Trinajstić information content (AvgIpc) is 2.48. The van der Waals surface area contributed by atoms with E-state index in [4.69, 9.17) is 11.6 Å². The summed E-state index contributed by atoms with van der Waals surface area (Å²) >= 11 is 7.72. The molecule has 0 aliphatic rings. The molecule has 4 nitrogen and oxygen atoms in total. The van der Waals surface area contributed by atoms with Gasteiger partial charge in [0.1, 0.15) is 4.90 Å². The third-order valence-corrected chi connectivity index (χ3v) is 6.36. The highest BCUT2D eigenvalue weighted by atomic mass is 35.5. The van der Waals surface area contributed by atoms with E-state index in [0.717, 1.165) is 10.6 Å². The van der Waals surface area contributed by atoms with Gasteiger partial charge in [-0.15, -0.1) is 0 Å². The molecule has 0 bridgehead atoms. The number of aromatic nitrogens is 1. The summed E-state index contributed by atoms with van der Waals surface area (Å²) in [7, 11) is -0.446. The van der Waals surface area contributed by atoms with Crippen LogP contribution < -0.4 is 0 Å². The molecule has 118 valence electrons. The van der Waals surface area contributed by atoms with Crippen LogP contribution in [-0.2, 0) is 10.0 Å². The zero-order valence-electron chi connectivity index (χ0n) is 12.5. The van der Waals surface area contributed by atoms with Gasteiger partial charge in [-0.25, -0.2) is 17.7 Å². The van der Waals surface area contributed by atoms with Gasteiger partial charge in [0.25, 0.3) is 0 Å². The molecule has 22 heavy (non-hydrogen) atoms. The lowest BCUT2D eigenvalue weighted by molar-refractivity contribution is 0.520. The summed E-state index contributed by atoms with van der Waals surface area (Å²) in [6, 6.07) is 11.0. The third kappa shape index (κ3) is 3.81. The molecular weight excluding hydrogens is 340 g/mol. The van der Waals surface area contributed by atoms with Gasteiger partial charge >= 0.3 is 0 Å². The highest BCUT2D eigenvalue weighted by Gasteiger charge is 2.18. The van der Waals surface area contributed by atoms with Crippen LogP contribution in [0.25, 0.3) is 0 Å². The molecule has 0 fully saturated rings. The van der Waals surface area contributed by atoms with Crippen molar-refractivity contribution < 1.29 is 8.42 Å². The summed E-state index contributed by atoms with van der Waals surface area (Å²) in [6.45, 7) is 2.04. The molecule has 0 unspecified atom stereocenters. The molecule has 1 aromatic heterocycles. The smallest absolute Gasteiger partial charge is 0.244 e. The van der Waals surface area contributed by atoms with E-state index in [1.165, 1.54) is 36.4 Å². The number of hydrogen-bond acceptors (Lipinski definition) is 4. The van der Waals surface area contributed by atoms with Crippen molar-refractivity contribution in [1.29, 1.82) is 0 Å². The molecule has 0 spiro atoms. The van der Waals surface area contributed by atoms with Crippen LogP contribution in [0.4, 0.5) is 0 Å². The summed E-state index contributed by atoms with van der Waals surface area (Å²) < 4.78 is 25.2. The molecule has 1 aromatic carbocycles. The molecule has 0 aliphatic heterocycles. The normalized spacial score (nSPS) is 13.3. The van der Waals surface area contributed by atoms with E-state index in [0.29, 0.717) is 5.02 Å². The highest BCUT2D eigenvalue weighted by Crippen LogP contribution is 2.37. The fourth-order valence-electron chi connectivity index (χ4n) is 1.85. The van der Waals surface area contributed by atoms with Gasteiger partial charge < -0.3 is 0 Å². The molecule has 0 radical (unpaired) electrons. The van der Waals surface area contributed by atoms with Crippen molar-refractivity contribution in [2.24, 2.45) is 0 Å². The van der Waals surface area contributed by atoms with Gasteiger partial charge in [0.15, 0.2) is 0 Å². The SMILES string of the molecule is C[C@H](Sc1ccc(S(=O)(=O)N(C)C)cn1)c1ccccc1Cl. The number of rotatable bonds is 5. The lowest BCUT2D eigenvalue weighted by atomic mass is 10.2. The Morgan fingerprint density at radius 3 is 2.41 bits per heavy atom. The van der Waals surface area contributed by atoms with Gasteiger partial charge in [-0.1, -0.05) is 41.6 Å². The van der Waals surface area contributed by atoms with Crippen LogP contribution in [0.15, 0.2) is 52.5 Å². The van der Waals surface area contributed by atoms with Crippen molar-refractivity contribution >= 4 is 33.4 Å². The van der Waals surface area contributed by atoms with Crippen molar-refractivity contribution in [1.82, 2.24) is 9.29 Å². The summed E-state index contributed by atoms with van der Waals surface area (Å²) in [5.74, 6) is 0. The second-order valence-electron chi connectivity index (χ2n) is 4.90. The second-order valence-corrected chi connectivity index (χ2v) is 8.82. The first kappa shape index (κ1) is 17.3. The van der Waals surface area contributed by atoms with E-state index >= 15 is 0 Å². The minimum Gasteiger partial charge on any atom is -0.249 e. The number of benzene rings is 1. The number of pyridine rings is 1. The molecule has 7 heteroatoms. The Balaban J connectivity index is 2.17. The standard InChI is InChI=1S/C15H17ClN2O2S2/c1-11(13-6-4-5-7-14(13)16)21-15-9-8-12(10-17-15)22(19,20)18(2)3/h4-11H,1-3H3/t11-/m0/s1. The predicted molar refractivity (Wildman–Crippen MR) is 90.8 cm³/mol. The van der Waals surface area contributed by atoms with Crippen LogP contribution >= 0.6 is 23.4 Å². The maximum Gasteiger partial charge on any atom is 0.244 e. The molecule has 0 amide bonds. The predicted octanol–water partition coefficient (Wildman–Crippen LogP) is 3.84. The number of nitrogens with zero attached hydrogens (tertiary/aromatic N) is 2. The van der Waals surface area contributed by atoms with Gasteiger partial charge in [0.2, 0.25) is 10.0 Å². The molecular formula is C15H17ClN2O2S2. The number of halogens is 1. The average molecular weight is 357 g/mol. The summed E-state index contributed by atoms with van der Waals surface area (Å²) in [4.78, 5) is 4.42. The topological polar surface area (TPSA) is 50.3 Å². The van der Waals surface area contributed by atoms with E-state index in [-0.39, 0.29) is 10.1 Å². The Kier molecular flexibility index (Phi) is 5.50. The number of thioether (sulfide) groups is 1. The van der Waals surface area contributed by atoms with E-state index in [1.54, 1.807) is 12.1 Å². The zero-order valence-corrected chi connectivity index (χ0v) is 14.9. The molecule has 0 N–H and O–H groups in total. The van der Waals surface area contributed by atoms with Crippen LogP contribution in [0, 0.1) is 0 Å². The van der Waals surface area contributed by atoms with Crippen LogP contribution in [0.1, 0.15) is 17.7 Å². The van der Waals surface area contributed by atoms with Crippen molar-refractivity contribution in [3.8, 4) is 0 Å². The fourth-order valence-corrected chi connectivity index (χ4v) is 4.02. The third-order valence-electron chi connectivity index (χ3n) is 3.13. The quantitative estimate of drug-likeness (QED) is 0.764. The molecule has 0 saturated carbocycles. The minimum absolute atomic E-state index is 0.123. The highest BCUT2D eigenvalue weighted by molar-refractivity contribution is 7.99. The largest absolute Gasteiger partial charge is 0.249 e. The van der Waals surface area contributed by atoms with Crippen molar-refractivity contribution in [3.05, 3.63) is 53.2 Å². The lowest BCUT2D eigenvalue weighted by Gasteiger charge is -2.14. The van der Waals surface area contributed by atoms with Gasteiger partial charge in [0, 0.05) is 30.6 Å². The minimum atomic E-state index is -3.44. The van der Waals surface area contributed by atoms with Crippen LogP contribution in [0.3, 0.4) is 0 Å². The van der Waals surface area contributed by atoms with Gasteiger partial charge in [-0.2, -0.15) is 0 Å². The van der Waals surface area contributed by atoms with Crippen molar-refractivity contribution in [2.45, 2.75) is 22.1 Å². The Morgan fingerprint density at radius 1 is 1.18 bits per heavy atom. The molecule has 2 aromatic rings. The maximum absolute atomic E-state index is 12.0. The Hall–Kier alpha value is -1.08. The molecule has 2 rings (SSSR count). The summed E-state index contributed by atoms with van der Waals surface area (Å²) in [5.41, 5.74) is 1.03. The first-order valence-corrected chi connectivity index (χ1v) is 9.32.